The zero-order chi connectivity index (χ0) is 20.6. The zero-order valence-corrected chi connectivity index (χ0v) is 17.8. The van der Waals surface area contributed by atoms with Crippen LogP contribution in [0.1, 0.15) is 0 Å². The Labute approximate surface area is 186 Å². The van der Waals surface area contributed by atoms with Crippen LogP contribution in [0.15, 0.2) is 121 Å². The minimum absolute atomic E-state index is 1.26. The van der Waals surface area contributed by atoms with E-state index in [1.54, 1.807) is 0 Å². The third kappa shape index (κ3) is 3.15. The summed E-state index contributed by atoms with van der Waals surface area (Å²) in [7, 11) is 0. The van der Waals surface area contributed by atoms with Crippen LogP contribution < -0.4 is 0 Å². The average molecular weight is 413 g/mol. The van der Waals surface area contributed by atoms with Crippen LogP contribution in [0.4, 0.5) is 0 Å². The Morgan fingerprint density at radius 3 is 1.81 bits per heavy atom. The maximum atomic E-state index is 2.31. The van der Waals surface area contributed by atoms with Crippen molar-refractivity contribution in [1.29, 1.82) is 0 Å². The highest BCUT2D eigenvalue weighted by Gasteiger charge is 2.16. The van der Waals surface area contributed by atoms with Crippen molar-refractivity contribution in [1.82, 2.24) is 0 Å². The van der Waals surface area contributed by atoms with Gasteiger partial charge >= 0.3 is 0 Å². The lowest BCUT2D eigenvalue weighted by atomic mass is 9.95. The summed E-state index contributed by atoms with van der Waals surface area (Å²) < 4.78 is 0. The molecule has 0 bridgehead atoms. The SMILES string of the molecule is c1ccc(-c2sc(-c3ccccc3-c3ccc4ccccc4c3)c3ccccc23)cc1. The van der Waals surface area contributed by atoms with Crippen LogP contribution in [-0.4, -0.2) is 0 Å². The van der Waals surface area contributed by atoms with Crippen molar-refractivity contribution in [2.75, 3.05) is 0 Å². The van der Waals surface area contributed by atoms with E-state index < -0.39 is 0 Å². The quantitative estimate of drug-likeness (QED) is 0.272. The van der Waals surface area contributed by atoms with E-state index in [-0.39, 0.29) is 0 Å². The Hall–Kier alpha value is -3.68. The van der Waals surface area contributed by atoms with Crippen molar-refractivity contribution < 1.29 is 0 Å². The molecule has 1 heterocycles. The van der Waals surface area contributed by atoms with Crippen molar-refractivity contribution in [3.8, 4) is 32.0 Å². The first kappa shape index (κ1) is 18.1. The van der Waals surface area contributed by atoms with E-state index >= 15 is 0 Å². The van der Waals surface area contributed by atoms with Gasteiger partial charge in [-0.05, 0) is 33.5 Å². The summed E-state index contributed by atoms with van der Waals surface area (Å²) in [6.07, 6.45) is 0. The van der Waals surface area contributed by atoms with Gasteiger partial charge in [-0.15, -0.1) is 11.3 Å². The van der Waals surface area contributed by atoms with Gasteiger partial charge in [-0.2, -0.15) is 0 Å². The van der Waals surface area contributed by atoms with Gasteiger partial charge < -0.3 is 0 Å². The number of hydrogen-bond acceptors (Lipinski definition) is 1. The number of hydrogen-bond donors (Lipinski definition) is 0. The second-order valence-electron chi connectivity index (χ2n) is 7.78. The van der Waals surface area contributed by atoms with E-state index in [1.807, 2.05) is 11.3 Å². The Kier molecular flexibility index (Phi) is 4.40. The lowest BCUT2D eigenvalue weighted by Crippen LogP contribution is -1.84. The van der Waals surface area contributed by atoms with E-state index in [2.05, 4.69) is 121 Å². The monoisotopic (exact) mass is 412 g/mol. The maximum absolute atomic E-state index is 2.31. The fourth-order valence-electron chi connectivity index (χ4n) is 4.38. The molecule has 1 aromatic heterocycles. The van der Waals surface area contributed by atoms with Crippen molar-refractivity contribution >= 4 is 32.9 Å². The molecule has 0 saturated heterocycles. The lowest BCUT2D eigenvalue weighted by molar-refractivity contribution is 1.64. The van der Waals surface area contributed by atoms with Crippen molar-refractivity contribution in [2.45, 2.75) is 0 Å². The van der Waals surface area contributed by atoms with Gasteiger partial charge in [-0.1, -0.05) is 115 Å². The molecular weight excluding hydrogens is 392 g/mol. The summed E-state index contributed by atoms with van der Waals surface area (Å²) in [5, 5.41) is 5.19. The molecule has 0 aliphatic carbocycles. The molecule has 0 aliphatic heterocycles. The molecule has 0 atom stereocenters. The fourth-order valence-corrected chi connectivity index (χ4v) is 5.71. The predicted molar refractivity (Wildman–Crippen MR) is 136 cm³/mol. The number of fused-ring (bicyclic) bond motifs is 2. The molecule has 0 nitrogen and oxygen atoms in total. The van der Waals surface area contributed by atoms with E-state index in [0.717, 1.165) is 0 Å². The Morgan fingerprint density at radius 1 is 0.387 bits per heavy atom. The van der Waals surface area contributed by atoms with Crippen LogP contribution >= 0.6 is 11.3 Å². The van der Waals surface area contributed by atoms with Gasteiger partial charge in [0, 0.05) is 26.1 Å². The molecule has 0 spiro atoms. The van der Waals surface area contributed by atoms with E-state index in [1.165, 1.54) is 53.6 Å². The number of rotatable bonds is 3. The topological polar surface area (TPSA) is 0 Å². The Morgan fingerprint density at radius 2 is 1.00 bits per heavy atom. The average Bonchev–Trinajstić information content (AvgIpc) is 3.24. The van der Waals surface area contributed by atoms with E-state index in [0.29, 0.717) is 0 Å². The fraction of sp³-hybridized carbons (Fsp3) is 0. The third-order valence-corrected chi connectivity index (χ3v) is 7.19. The molecule has 31 heavy (non-hydrogen) atoms. The summed E-state index contributed by atoms with van der Waals surface area (Å²) >= 11 is 1.89. The molecule has 0 N–H and O–H groups in total. The standard InChI is InChI=1S/C30H20S/c1-2-11-22(12-3-1)29-27-16-8-9-17-28(27)30(31-29)26-15-7-6-14-25(26)24-19-18-21-10-4-5-13-23(21)20-24/h1-20H. The van der Waals surface area contributed by atoms with Gasteiger partial charge in [0.25, 0.3) is 0 Å². The molecule has 0 aliphatic rings. The highest BCUT2D eigenvalue weighted by Crippen LogP contribution is 2.46. The van der Waals surface area contributed by atoms with Crippen molar-refractivity contribution in [3.05, 3.63) is 121 Å². The zero-order valence-electron chi connectivity index (χ0n) is 17.0. The molecule has 0 radical (unpaired) electrons. The predicted octanol–water partition coefficient (Wildman–Crippen LogP) is 9.06. The molecule has 6 rings (SSSR count). The number of benzene rings is 5. The normalized spacial score (nSPS) is 11.2. The maximum Gasteiger partial charge on any atom is 0.0434 e. The summed E-state index contributed by atoms with van der Waals surface area (Å²) in [5.41, 5.74) is 5.10. The molecule has 1 heteroatoms. The van der Waals surface area contributed by atoms with Gasteiger partial charge in [0.1, 0.15) is 0 Å². The summed E-state index contributed by atoms with van der Waals surface area (Å²) in [4.78, 5) is 2.66. The van der Waals surface area contributed by atoms with Crippen LogP contribution in [0, 0.1) is 0 Å². The molecular formula is C30H20S. The van der Waals surface area contributed by atoms with Crippen LogP contribution in [0.25, 0.3) is 53.6 Å². The minimum atomic E-state index is 1.26. The smallest absolute Gasteiger partial charge is 0.0434 e. The second-order valence-corrected chi connectivity index (χ2v) is 8.80. The van der Waals surface area contributed by atoms with Gasteiger partial charge in [0.2, 0.25) is 0 Å². The third-order valence-electron chi connectivity index (χ3n) is 5.89. The highest BCUT2D eigenvalue weighted by atomic mass is 32.1. The summed E-state index contributed by atoms with van der Waals surface area (Å²) in [5.74, 6) is 0. The largest absolute Gasteiger partial charge is 0.134 e. The van der Waals surface area contributed by atoms with Crippen molar-refractivity contribution in [2.24, 2.45) is 0 Å². The van der Waals surface area contributed by atoms with Gasteiger partial charge in [-0.3, -0.25) is 0 Å². The summed E-state index contributed by atoms with van der Waals surface area (Å²) in [6, 6.07) is 43.7. The van der Waals surface area contributed by atoms with E-state index in [4.69, 9.17) is 0 Å². The highest BCUT2D eigenvalue weighted by molar-refractivity contribution is 7.21. The summed E-state index contributed by atoms with van der Waals surface area (Å²) in [6.45, 7) is 0. The van der Waals surface area contributed by atoms with Crippen LogP contribution in [0.2, 0.25) is 0 Å². The van der Waals surface area contributed by atoms with Crippen LogP contribution in [-0.2, 0) is 0 Å². The van der Waals surface area contributed by atoms with Gasteiger partial charge in [-0.25, -0.2) is 0 Å². The first-order chi connectivity index (χ1) is 15.4. The van der Waals surface area contributed by atoms with Gasteiger partial charge in [0.05, 0.1) is 0 Å². The second kappa shape index (κ2) is 7.54. The molecule has 0 saturated carbocycles. The first-order valence-corrected chi connectivity index (χ1v) is 11.4. The Balaban J connectivity index is 1.60. The lowest BCUT2D eigenvalue weighted by Gasteiger charge is -2.10. The molecule has 0 unspecified atom stereocenters. The van der Waals surface area contributed by atoms with Crippen LogP contribution in [0.3, 0.4) is 0 Å². The number of thiophene rings is 1. The van der Waals surface area contributed by atoms with Crippen molar-refractivity contribution in [3.63, 3.8) is 0 Å². The molecule has 5 aromatic carbocycles. The first-order valence-electron chi connectivity index (χ1n) is 10.5. The molecule has 0 amide bonds. The Bertz CT molecular complexity index is 1520. The van der Waals surface area contributed by atoms with Gasteiger partial charge in [0.15, 0.2) is 0 Å². The molecule has 146 valence electrons. The molecule has 0 fully saturated rings. The minimum Gasteiger partial charge on any atom is -0.134 e. The van der Waals surface area contributed by atoms with Crippen LogP contribution in [0.5, 0.6) is 0 Å². The van der Waals surface area contributed by atoms with E-state index in [9.17, 15) is 0 Å². The molecule has 6 aromatic rings.